The summed E-state index contributed by atoms with van der Waals surface area (Å²) < 4.78 is 0. The molecular weight excluding hydrogens is 288 g/mol. The Morgan fingerprint density at radius 1 is 1.14 bits per heavy atom. The Kier molecular flexibility index (Phi) is 6.49. The van der Waals surface area contributed by atoms with Gasteiger partial charge in [0.2, 0.25) is 0 Å². The fourth-order valence-electron chi connectivity index (χ4n) is 1.66. The molecule has 0 aromatic heterocycles. The first kappa shape index (κ1) is 17.1. The van der Waals surface area contributed by atoms with Gasteiger partial charge in [-0.2, -0.15) is 0 Å². The zero-order valence-electron chi connectivity index (χ0n) is 12.0. The molecule has 0 aliphatic rings. The zero-order chi connectivity index (χ0) is 16.5. The smallest absolute Gasteiger partial charge is 0.415 e. The number of hydrogen-bond donors (Lipinski definition) is 1. The first-order chi connectivity index (χ1) is 10.5. The Hall–Kier alpha value is -2.96. The molecule has 22 heavy (non-hydrogen) atoms. The largest absolute Gasteiger partial charge is 0.465 e. The van der Waals surface area contributed by atoms with E-state index in [0.29, 0.717) is 16.1 Å². The van der Waals surface area contributed by atoms with Crippen LogP contribution < -0.4 is 0 Å². The van der Waals surface area contributed by atoms with Gasteiger partial charge in [-0.25, -0.2) is 14.5 Å². The van der Waals surface area contributed by atoms with Crippen LogP contribution in [0.2, 0.25) is 0 Å². The van der Waals surface area contributed by atoms with Crippen LogP contribution in [0.25, 0.3) is 6.08 Å². The topological polar surface area (TPSA) is 95.0 Å². The lowest BCUT2D eigenvalue weighted by molar-refractivity contribution is -0.125. The predicted octanol–water partition coefficient (Wildman–Crippen LogP) is 1.85. The molecule has 0 radical (unpaired) electrons. The van der Waals surface area contributed by atoms with Crippen LogP contribution in [0, 0.1) is 0 Å². The Morgan fingerprint density at radius 2 is 1.77 bits per heavy atom. The summed E-state index contributed by atoms with van der Waals surface area (Å²) in [6.45, 7) is 0.815. The minimum absolute atomic E-state index is 0.126. The molecule has 116 valence electrons. The van der Waals surface area contributed by atoms with Crippen molar-refractivity contribution >= 4 is 30.4 Å². The lowest BCUT2D eigenvalue weighted by atomic mass is 10.2. The summed E-state index contributed by atoms with van der Waals surface area (Å²) in [5, 5.41) is 8.91. The Bertz CT molecular complexity index is 583. The molecule has 0 fully saturated rings. The molecule has 0 atom stereocenters. The standard InChI is InChI=1S/C15H16N2O5/c1-2-16(15(21)22)14(20)17(10-11-18)13(19)9-8-12-6-4-3-5-7-12/h3-9,11H,2,10H2,1H3,(H,21,22)/b9-8+. The van der Waals surface area contributed by atoms with E-state index in [1.165, 1.54) is 13.0 Å². The molecule has 1 aromatic carbocycles. The normalized spacial score (nSPS) is 10.2. The number of hydrogen-bond acceptors (Lipinski definition) is 4. The molecule has 0 aliphatic heterocycles. The molecule has 0 spiro atoms. The van der Waals surface area contributed by atoms with Gasteiger partial charge in [-0.05, 0) is 18.6 Å². The SMILES string of the molecule is CCN(C(=O)O)C(=O)N(CC=O)C(=O)/C=C/c1ccccc1. The van der Waals surface area contributed by atoms with Crippen molar-refractivity contribution in [1.82, 2.24) is 9.80 Å². The van der Waals surface area contributed by atoms with Gasteiger partial charge in [-0.15, -0.1) is 0 Å². The van der Waals surface area contributed by atoms with Gasteiger partial charge in [0, 0.05) is 12.6 Å². The average Bonchev–Trinajstić information content (AvgIpc) is 2.51. The van der Waals surface area contributed by atoms with Gasteiger partial charge in [0.05, 0.1) is 6.54 Å². The predicted molar refractivity (Wildman–Crippen MR) is 79.1 cm³/mol. The fraction of sp³-hybridized carbons (Fsp3) is 0.200. The van der Waals surface area contributed by atoms with Crippen LogP contribution in [-0.4, -0.2) is 52.3 Å². The van der Waals surface area contributed by atoms with Crippen LogP contribution in [-0.2, 0) is 9.59 Å². The summed E-state index contributed by atoms with van der Waals surface area (Å²) in [5.41, 5.74) is 0.736. The monoisotopic (exact) mass is 304 g/mol. The van der Waals surface area contributed by atoms with Crippen LogP contribution in [0.3, 0.4) is 0 Å². The Balaban J connectivity index is 2.92. The van der Waals surface area contributed by atoms with E-state index in [1.807, 2.05) is 6.07 Å². The molecule has 0 unspecified atom stereocenters. The first-order valence-electron chi connectivity index (χ1n) is 6.54. The Labute approximate surface area is 127 Å². The minimum atomic E-state index is -1.48. The van der Waals surface area contributed by atoms with Gasteiger partial charge in [-0.1, -0.05) is 30.3 Å². The van der Waals surface area contributed by atoms with E-state index in [-0.39, 0.29) is 6.54 Å². The highest BCUT2D eigenvalue weighted by Crippen LogP contribution is 2.05. The highest BCUT2D eigenvalue weighted by molar-refractivity contribution is 6.06. The third-order valence-corrected chi connectivity index (χ3v) is 2.75. The molecule has 0 aliphatic carbocycles. The summed E-state index contributed by atoms with van der Waals surface area (Å²) in [5.74, 6) is -0.763. The molecule has 1 N–H and O–H groups in total. The van der Waals surface area contributed by atoms with Crippen molar-refractivity contribution in [3.63, 3.8) is 0 Å². The van der Waals surface area contributed by atoms with E-state index >= 15 is 0 Å². The van der Waals surface area contributed by atoms with E-state index in [1.54, 1.807) is 24.3 Å². The molecule has 4 amide bonds. The van der Waals surface area contributed by atoms with Gasteiger partial charge < -0.3 is 9.90 Å². The molecule has 0 saturated heterocycles. The highest BCUT2D eigenvalue weighted by atomic mass is 16.4. The molecule has 1 rings (SSSR count). The van der Waals surface area contributed by atoms with E-state index in [9.17, 15) is 19.2 Å². The maximum absolute atomic E-state index is 12.0. The summed E-state index contributed by atoms with van der Waals surface area (Å²) in [6.07, 6.45) is 1.47. The number of carbonyl (C=O) groups is 4. The number of carbonyl (C=O) groups excluding carboxylic acids is 3. The maximum Gasteiger partial charge on any atom is 0.415 e. The lowest BCUT2D eigenvalue weighted by Crippen LogP contribution is -2.48. The quantitative estimate of drug-likeness (QED) is 0.661. The van der Waals surface area contributed by atoms with E-state index in [4.69, 9.17) is 5.11 Å². The van der Waals surface area contributed by atoms with Crippen LogP contribution >= 0.6 is 0 Å². The third kappa shape index (κ3) is 4.55. The molecule has 0 saturated carbocycles. The van der Waals surface area contributed by atoms with Gasteiger partial charge >= 0.3 is 12.1 Å². The highest BCUT2D eigenvalue weighted by Gasteiger charge is 2.27. The molecule has 7 nitrogen and oxygen atoms in total. The van der Waals surface area contributed by atoms with Crippen molar-refractivity contribution < 1.29 is 24.3 Å². The lowest BCUT2D eigenvalue weighted by Gasteiger charge is -2.23. The summed E-state index contributed by atoms with van der Waals surface area (Å²) >= 11 is 0. The van der Waals surface area contributed by atoms with Crippen molar-refractivity contribution in [3.05, 3.63) is 42.0 Å². The van der Waals surface area contributed by atoms with Gasteiger partial charge in [0.15, 0.2) is 0 Å². The van der Waals surface area contributed by atoms with E-state index in [0.717, 1.165) is 11.6 Å². The first-order valence-corrected chi connectivity index (χ1v) is 6.54. The number of nitrogens with zero attached hydrogens (tertiary/aromatic N) is 2. The van der Waals surface area contributed by atoms with E-state index < -0.39 is 24.6 Å². The molecule has 7 heteroatoms. The third-order valence-electron chi connectivity index (χ3n) is 2.75. The van der Waals surface area contributed by atoms with Gasteiger partial charge in [0.1, 0.15) is 6.29 Å². The number of benzene rings is 1. The minimum Gasteiger partial charge on any atom is -0.465 e. The number of rotatable bonds is 5. The summed E-state index contributed by atoms with van der Waals surface area (Å²) in [6, 6.07) is 7.83. The van der Waals surface area contributed by atoms with Crippen LogP contribution in [0.1, 0.15) is 12.5 Å². The van der Waals surface area contributed by atoms with Gasteiger partial charge in [-0.3, -0.25) is 9.69 Å². The number of carboxylic acid groups (broad SMARTS) is 1. The number of imide groups is 2. The van der Waals surface area contributed by atoms with Crippen molar-refractivity contribution in [2.45, 2.75) is 6.92 Å². The zero-order valence-corrected chi connectivity index (χ0v) is 12.0. The number of aldehydes is 1. The molecule has 0 heterocycles. The summed E-state index contributed by atoms with van der Waals surface area (Å²) in [7, 11) is 0. The second-order valence-corrected chi connectivity index (χ2v) is 4.17. The molecule has 1 aromatic rings. The number of amides is 4. The second-order valence-electron chi connectivity index (χ2n) is 4.17. The number of urea groups is 1. The van der Waals surface area contributed by atoms with Crippen LogP contribution in [0.5, 0.6) is 0 Å². The average molecular weight is 304 g/mol. The van der Waals surface area contributed by atoms with Crippen molar-refractivity contribution in [1.29, 1.82) is 0 Å². The fourth-order valence-corrected chi connectivity index (χ4v) is 1.66. The molecular formula is C15H16N2O5. The van der Waals surface area contributed by atoms with Crippen LogP contribution in [0.15, 0.2) is 36.4 Å². The van der Waals surface area contributed by atoms with E-state index in [2.05, 4.69) is 0 Å². The summed E-state index contributed by atoms with van der Waals surface area (Å²) in [4.78, 5) is 46.7. The second kappa shape index (κ2) is 8.35. The Morgan fingerprint density at radius 3 is 2.27 bits per heavy atom. The van der Waals surface area contributed by atoms with Crippen LogP contribution in [0.4, 0.5) is 9.59 Å². The van der Waals surface area contributed by atoms with Crippen molar-refractivity contribution in [2.75, 3.05) is 13.1 Å². The van der Waals surface area contributed by atoms with Gasteiger partial charge in [0.25, 0.3) is 5.91 Å². The molecule has 0 bridgehead atoms. The van der Waals surface area contributed by atoms with Crippen molar-refractivity contribution in [2.24, 2.45) is 0 Å². The maximum atomic E-state index is 12.0. The van der Waals surface area contributed by atoms with Crippen molar-refractivity contribution in [3.8, 4) is 0 Å².